The molecule has 7 nitrogen and oxygen atoms in total. The summed E-state index contributed by atoms with van der Waals surface area (Å²) in [5, 5.41) is 19.3. The van der Waals surface area contributed by atoms with Gasteiger partial charge < -0.3 is 14.8 Å². The van der Waals surface area contributed by atoms with E-state index in [1.807, 2.05) is 0 Å². The normalized spacial score (nSPS) is 25.1. The van der Waals surface area contributed by atoms with Crippen molar-refractivity contribution >= 4 is 15.7 Å². The molecule has 1 unspecified atom stereocenters. The number of hydrogen-bond acceptors (Lipinski definition) is 6. The molecular formula is C15H33N3O4S. The van der Waals surface area contributed by atoms with E-state index in [0.717, 1.165) is 39.3 Å². The first kappa shape index (κ1) is 20.8. The summed E-state index contributed by atoms with van der Waals surface area (Å²) in [6.07, 6.45) is -0.768. The lowest BCUT2D eigenvalue weighted by Gasteiger charge is -2.27. The first-order valence-corrected chi connectivity index (χ1v) is 10.1. The van der Waals surface area contributed by atoms with Gasteiger partial charge in [-0.1, -0.05) is 0 Å². The minimum Gasteiger partial charge on any atom is -0.392 e. The third-order valence-electron chi connectivity index (χ3n) is 3.97. The second-order valence-electron chi connectivity index (χ2n) is 6.62. The van der Waals surface area contributed by atoms with Crippen LogP contribution in [-0.4, -0.2) is 116 Å². The maximum absolute atomic E-state index is 11.4. The van der Waals surface area contributed by atoms with Crippen molar-refractivity contribution in [3.63, 3.8) is 0 Å². The highest BCUT2D eigenvalue weighted by Crippen LogP contribution is 2.03. The standard InChI is InChI=1S/C15H33N3O4S/c1-14(19)12-17-6-4-16(10-11-23(3,21)22)5-7-18(9-8-17)13-15(2)20/h14-15,19-20H,3-13H2,1-2H3,(H,21,22)/t14-,15-/m0/s1. The topological polar surface area (TPSA) is 87.5 Å². The van der Waals surface area contributed by atoms with Crippen LogP contribution in [0.15, 0.2) is 0 Å². The zero-order chi connectivity index (χ0) is 17.5. The van der Waals surface area contributed by atoms with Gasteiger partial charge >= 0.3 is 0 Å². The Kier molecular flexibility index (Phi) is 8.99. The molecule has 0 radical (unpaired) electrons. The van der Waals surface area contributed by atoms with E-state index in [9.17, 15) is 19.0 Å². The van der Waals surface area contributed by atoms with Crippen molar-refractivity contribution in [1.82, 2.24) is 14.7 Å². The molecule has 0 saturated carbocycles. The summed E-state index contributed by atoms with van der Waals surface area (Å²) >= 11 is 0. The minimum atomic E-state index is -2.97. The van der Waals surface area contributed by atoms with Gasteiger partial charge in [0.1, 0.15) is 0 Å². The van der Waals surface area contributed by atoms with Crippen LogP contribution in [0.25, 0.3) is 0 Å². The molecule has 1 heterocycles. The quantitative estimate of drug-likeness (QED) is 0.500. The smallest absolute Gasteiger partial charge is 0.0758 e. The largest absolute Gasteiger partial charge is 0.392 e. The number of nitrogens with zero attached hydrogens (tertiary/aromatic N) is 3. The van der Waals surface area contributed by atoms with Crippen molar-refractivity contribution in [3.05, 3.63) is 0 Å². The van der Waals surface area contributed by atoms with E-state index in [0.29, 0.717) is 19.6 Å². The van der Waals surface area contributed by atoms with E-state index in [1.54, 1.807) is 13.8 Å². The van der Waals surface area contributed by atoms with Gasteiger partial charge in [0.25, 0.3) is 0 Å². The van der Waals surface area contributed by atoms with E-state index < -0.39 is 9.80 Å². The SMILES string of the molecule is C=S(=O)(O)CCN1CCN(C[C@H](C)O)CCN(C[C@H](C)O)CC1. The van der Waals surface area contributed by atoms with Gasteiger partial charge in [-0.15, -0.1) is 0 Å². The summed E-state index contributed by atoms with van der Waals surface area (Å²) in [7, 11) is -2.97. The van der Waals surface area contributed by atoms with Crippen molar-refractivity contribution < 1.29 is 19.0 Å². The van der Waals surface area contributed by atoms with E-state index in [4.69, 9.17) is 0 Å². The Morgan fingerprint density at radius 3 is 1.57 bits per heavy atom. The minimum absolute atomic E-state index is 0.166. The van der Waals surface area contributed by atoms with Gasteiger partial charge in [0, 0.05) is 58.9 Å². The van der Waals surface area contributed by atoms with Crippen LogP contribution in [0.1, 0.15) is 13.8 Å². The van der Waals surface area contributed by atoms with Crippen LogP contribution in [-0.2, 0) is 9.80 Å². The number of hydrogen-bond donors (Lipinski definition) is 3. The third-order valence-corrected chi connectivity index (χ3v) is 4.79. The van der Waals surface area contributed by atoms with Gasteiger partial charge in [-0.2, -0.15) is 0 Å². The van der Waals surface area contributed by atoms with Crippen LogP contribution < -0.4 is 0 Å². The fourth-order valence-electron chi connectivity index (χ4n) is 2.79. The number of aliphatic hydroxyl groups excluding tert-OH is 2. The molecule has 8 heteroatoms. The average molecular weight is 352 g/mol. The second kappa shape index (κ2) is 9.93. The molecule has 0 aromatic heterocycles. The fraction of sp³-hybridized carbons (Fsp3) is 0.933. The summed E-state index contributed by atoms with van der Waals surface area (Å²) in [5.41, 5.74) is 0. The molecule has 3 N–H and O–H groups in total. The molecule has 0 aromatic rings. The Hall–Kier alpha value is -0.220. The Morgan fingerprint density at radius 1 is 0.913 bits per heavy atom. The summed E-state index contributed by atoms with van der Waals surface area (Å²) in [6, 6.07) is 0. The molecule has 1 aliphatic heterocycles. The monoisotopic (exact) mass is 351 g/mol. The number of β-amino-alcohol motifs (C(OH)–C–C–N with tert-alkyl or cyclic N) is 2. The van der Waals surface area contributed by atoms with E-state index in [-0.39, 0.29) is 18.0 Å². The van der Waals surface area contributed by atoms with E-state index in [1.165, 1.54) is 0 Å². The molecule has 0 aromatic carbocycles. The van der Waals surface area contributed by atoms with Crippen molar-refractivity contribution in [1.29, 1.82) is 0 Å². The van der Waals surface area contributed by atoms with Crippen molar-refractivity contribution in [2.75, 3.05) is 64.7 Å². The van der Waals surface area contributed by atoms with Crippen LogP contribution in [0.5, 0.6) is 0 Å². The Morgan fingerprint density at radius 2 is 1.26 bits per heavy atom. The zero-order valence-electron chi connectivity index (χ0n) is 14.4. The van der Waals surface area contributed by atoms with Crippen molar-refractivity contribution in [3.8, 4) is 0 Å². The van der Waals surface area contributed by atoms with E-state index >= 15 is 0 Å². The lowest BCUT2D eigenvalue weighted by atomic mass is 10.3. The van der Waals surface area contributed by atoms with Gasteiger partial charge in [0.05, 0.1) is 27.8 Å². The molecule has 3 atom stereocenters. The van der Waals surface area contributed by atoms with Crippen LogP contribution in [0, 0.1) is 0 Å². The number of rotatable bonds is 7. The molecular weight excluding hydrogens is 318 g/mol. The Bertz CT molecular complexity index is 406. The summed E-state index contributed by atoms with van der Waals surface area (Å²) in [5.74, 6) is 3.46. The van der Waals surface area contributed by atoms with Gasteiger partial charge in [0.15, 0.2) is 0 Å². The van der Waals surface area contributed by atoms with E-state index in [2.05, 4.69) is 20.6 Å². The highest BCUT2D eigenvalue weighted by Gasteiger charge is 2.18. The van der Waals surface area contributed by atoms with Crippen LogP contribution in [0.2, 0.25) is 0 Å². The molecule has 1 fully saturated rings. The molecule has 0 bridgehead atoms. The van der Waals surface area contributed by atoms with Crippen LogP contribution in [0.3, 0.4) is 0 Å². The highest BCUT2D eigenvalue weighted by molar-refractivity contribution is 7.95. The fourth-order valence-corrected chi connectivity index (χ4v) is 3.34. The maximum atomic E-state index is 11.4. The van der Waals surface area contributed by atoms with Gasteiger partial charge in [-0.3, -0.25) is 14.7 Å². The third kappa shape index (κ3) is 10.3. The number of aliphatic hydroxyl groups is 2. The lowest BCUT2D eigenvalue weighted by molar-refractivity contribution is 0.102. The highest BCUT2D eigenvalue weighted by atomic mass is 32.2. The van der Waals surface area contributed by atoms with Gasteiger partial charge in [0.2, 0.25) is 0 Å². The molecule has 138 valence electrons. The predicted octanol–water partition coefficient (Wildman–Crippen LogP) is -1.14. The molecule has 1 saturated heterocycles. The molecule has 0 aliphatic carbocycles. The Labute approximate surface area is 140 Å². The molecule has 0 amide bonds. The summed E-state index contributed by atoms with van der Waals surface area (Å²) in [6.45, 7) is 10.2. The van der Waals surface area contributed by atoms with Gasteiger partial charge in [-0.05, 0) is 19.7 Å². The maximum Gasteiger partial charge on any atom is 0.0758 e. The van der Waals surface area contributed by atoms with Crippen molar-refractivity contribution in [2.24, 2.45) is 0 Å². The Balaban J connectivity index is 2.66. The first-order chi connectivity index (χ1) is 10.7. The summed E-state index contributed by atoms with van der Waals surface area (Å²) in [4.78, 5) is 6.58. The van der Waals surface area contributed by atoms with Crippen molar-refractivity contribution in [2.45, 2.75) is 26.1 Å². The molecule has 1 aliphatic rings. The average Bonchev–Trinajstić information content (AvgIpc) is 2.47. The van der Waals surface area contributed by atoms with Gasteiger partial charge in [-0.25, -0.2) is 4.21 Å². The predicted molar refractivity (Wildman–Crippen MR) is 95.4 cm³/mol. The molecule has 1 rings (SSSR count). The first-order valence-electron chi connectivity index (χ1n) is 8.26. The van der Waals surface area contributed by atoms with Crippen LogP contribution in [0.4, 0.5) is 0 Å². The molecule has 23 heavy (non-hydrogen) atoms. The summed E-state index contributed by atoms with van der Waals surface area (Å²) < 4.78 is 20.8. The zero-order valence-corrected chi connectivity index (χ0v) is 15.2. The second-order valence-corrected chi connectivity index (χ2v) is 8.57. The molecule has 0 spiro atoms. The van der Waals surface area contributed by atoms with Crippen LogP contribution >= 0.6 is 0 Å². The lowest BCUT2D eigenvalue weighted by Crippen LogP contribution is -2.41.